The predicted octanol–water partition coefficient (Wildman–Crippen LogP) is 6.83. The third-order valence-corrected chi connectivity index (χ3v) is 7.27. The van der Waals surface area contributed by atoms with Crippen LogP contribution in [0.5, 0.6) is 11.5 Å². The number of carbonyl (C=O) groups is 1. The number of ether oxygens (including phenoxy) is 2. The third-order valence-electron chi connectivity index (χ3n) is 5.83. The molecule has 0 spiro atoms. The Labute approximate surface area is 216 Å². The molecule has 8 heteroatoms. The van der Waals surface area contributed by atoms with Crippen molar-refractivity contribution in [1.82, 2.24) is 10.3 Å². The molecule has 0 bridgehead atoms. The number of anilines is 1. The van der Waals surface area contributed by atoms with E-state index >= 15 is 0 Å². The Bertz CT molecular complexity index is 1150. The summed E-state index contributed by atoms with van der Waals surface area (Å²) in [6.07, 6.45) is 4.83. The Kier molecular flexibility index (Phi) is 9.74. The molecule has 0 saturated carbocycles. The smallest absolute Gasteiger partial charge is 0.319 e. The molecule has 0 radical (unpaired) electrons. The van der Waals surface area contributed by atoms with Crippen molar-refractivity contribution in [3.05, 3.63) is 59.8 Å². The third kappa shape index (κ3) is 6.44. The lowest BCUT2D eigenvalue weighted by Gasteiger charge is -2.22. The summed E-state index contributed by atoms with van der Waals surface area (Å²) in [5.41, 5.74) is 4.86. The highest BCUT2D eigenvalue weighted by Gasteiger charge is 2.19. The van der Waals surface area contributed by atoms with Crippen molar-refractivity contribution in [1.29, 1.82) is 0 Å². The lowest BCUT2D eigenvalue weighted by molar-refractivity contribution is 0.251. The van der Waals surface area contributed by atoms with Gasteiger partial charge >= 0.3 is 6.03 Å². The number of carbonyl (C=O) groups excluding carboxylic acids is 1. The van der Waals surface area contributed by atoms with Crippen molar-refractivity contribution in [2.75, 3.05) is 38.6 Å². The first-order chi connectivity index (χ1) is 16.9. The van der Waals surface area contributed by atoms with Gasteiger partial charge in [-0.1, -0.05) is 31.2 Å². The fourth-order valence-electron chi connectivity index (χ4n) is 4.01. The van der Waals surface area contributed by atoms with Crippen molar-refractivity contribution in [3.8, 4) is 22.6 Å². The van der Waals surface area contributed by atoms with Gasteiger partial charge in [0.05, 0.1) is 19.9 Å². The molecule has 2 amide bonds. The summed E-state index contributed by atoms with van der Waals surface area (Å²) in [6, 6.07) is 15.8. The number of amides is 2. The van der Waals surface area contributed by atoms with Gasteiger partial charge in [-0.2, -0.15) is 0 Å². The SMILES string of the molecule is CCC(CNC(=O)Nc1c(SC)cc(C)nc1SC)c1ccccc1-c1cc(OC)ccc1OC. The maximum absolute atomic E-state index is 12.9. The largest absolute Gasteiger partial charge is 0.497 e. The van der Waals surface area contributed by atoms with Gasteiger partial charge in [0.25, 0.3) is 0 Å². The molecule has 186 valence electrons. The second-order valence-corrected chi connectivity index (χ2v) is 9.59. The normalized spacial score (nSPS) is 11.6. The Hall–Kier alpha value is -2.84. The molecule has 0 saturated heterocycles. The van der Waals surface area contributed by atoms with E-state index in [2.05, 4.69) is 34.7 Å². The zero-order valence-electron chi connectivity index (χ0n) is 21.1. The Morgan fingerprint density at radius 2 is 1.80 bits per heavy atom. The first-order valence-corrected chi connectivity index (χ1v) is 13.9. The van der Waals surface area contributed by atoms with Gasteiger partial charge in [0.2, 0.25) is 0 Å². The van der Waals surface area contributed by atoms with Crippen LogP contribution in [0.25, 0.3) is 11.1 Å². The standard InChI is InChI=1S/C27H33N3O3S2/c1-7-18(16-28-27(31)30-25-24(34-5)14-17(2)29-26(25)35-6)20-10-8-9-11-21(20)22-15-19(32-3)12-13-23(22)33-4/h8-15,18H,7,16H2,1-6H3,(H2,28,30,31). The summed E-state index contributed by atoms with van der Waals surface area (Å²) < 4.78 is 11.1. The van der Waals surface area contributed by atoms with E-state index in [1.165, 1.54) is 11.8 Å². The number of rotatable bonds is 10. The van der Waals surface area contributed by atoms with E-state index < -0.39 is 0 Å². The summed E-state index contributed by atoms with van der Waals surface area (Å²) in [6.45, 7) is 4.59. The van der Waals surface area contributed by atoms with Gasteiger partial charge in [-0.25, -0.2) is 9.78 Å². The molecule has 3 aromatic rings. The first kappa shape index (κ1) is 26.8. The molecule has 0 fully saturated rings. The molecular formula is C27H33N3O3S2. The van der Waals surface area contributed by atoms with Gasteiger partial charge in [0, 0.05) is 28.6 Å². The van der Waals surface area contributed by atoms with E-state index in [1.54, 1.807) is 26.0 Å². The zero-order chi connectivity index (χ0) is 25.4. The minimum absolute atomic E-state index is 0.115. The molecule has 3 rings (SSSR count). The van der Waals surface area contributed by atoms with E-state index in [4.69, 9.17) is 9.47 Å². The summed E-state index contributed by atoms with van der Waals surface area (Å²) in [4.78, 5) is 18.5. The van der Waals surface area contributed by atoms with Crippen LogP contribution in [0, 0.1) is 6.92 Å². The van der Waals surface area contributed by atoms with E-state index in [-0.39, 0.29) is 11.9 Å². The Morgan fingerprint density at radius 1 is 1.03 bits per heavy atom. The van der Waals surface area contributed by atoms with Crippen LogP contribution in [-0.2, 0) is 0 Å². The van der Waals surface area contributed by atoms with Gasteiger partial charge in [0.15, 0.2) is 0 Å². The average molecular weight is 512 g/mol. The van der Waals surface area contributed by atoms with Crippen LogP contribution in [0.3, 0.4) is 0 Å². The molecule has 1 heterocycles. The zero-order valence-corrected chi connectivity index (χ0v) is 22.7. The van der Waals surface area contributed by atoms with Crippen molar-refractivity contribution >= 4 is 35.2 Å². The highest BCUT2D eigenvalue weighted by Crippen LogP contribution is 2.38. The van der Waals surface area contributed by atoms with Crippen LogP contribution in [0.15, 0.2) is 58.5 Å². The van der Waals surface area contributed by atoms with Gasteiger partial charge in [-0.05, 0) is 61.2 Å². The molecule has 1 atom stereocenters. The summed E-state index contributed by atoms with van der Waals surface area (Å²) in [7, 11) is 3.33. The monoisotopic (exact) mass is 511 g/mol. The number of aryl methyl sites for hydroxylation is 1. The van der Waals surface area contributed by atoms with Crippen LogP contribution >= 0.6 is 23.5 Å². The molecule has 0 aliphatic rings. The number of pyridine rings is 1. The van der Waals surface area contributed by atoms with Gasteiger partial charge < -0.3 is 20.1 Å². The minimum atomic E-state index is -0.240. The molecular weight excluding hydrogens is 478 g/mol. The van der Waals surface area contributed by atoms with Crippen LogP contribution in [0.1, 0.15) is 30.5 Å². The molecule has 35 heavy (non-hydrogen) atoms. The first-order valence-electron chi connectivity index (χ1n) is 11.4. The van der Waals surface area contributed by atoms with E-state index in [0.29, 0.717) is 6.54 Å². The molecule has 0 aliphatic carbocycles. The van der Waals surface area contributed by atoms with Gasteiger partial charge in [0.1, 0.15) is 16.5 Å². The predicted molar refractivity (Wildman–Crippen MR) is 148 cm³/mol. The highest BCUT2D eigenvalue weighted by molar-refractivity contribution is 7.99. The van der Waals surface area contributed by atoms with E-state index in [1.807, 2.05) is 55.8 Å². The molecule has 2 aromatic carbocycles. The second kappa shape index (κ2) is 12.7. The topological polar surface area (TPSA) is 72.5 Å². The number of methoxy groups -OCH3 is 2. The highest BCUT2D eigenvalue weighted by atomic mass is 32.2. The lowest BCUT2D eigenvalue weighted by atomic mass is 9.88. The maximum atomic E-state index is 12.9. The van der Waals surface area contributed by atoms with Gasteiger partial charge in [-0.3, -0.25) is 0 Å². The Balaban J connectivity index is 1.83. The van der Waals surface area contributed by atoms with Crippen molar-refractivity contribution in [2.24, 2.45) is 0 Å². The minimum Gasteiger partial charge on any atom is -0.497 e. The molecule has 6 nitrogen and oxygen atoms in total. The van der Waals surface area contributed by atoms with E-state index in [9.17, 15) is 4.79 Å². The Morgan fingerprint density at radius 3 is 2.46 bits per heavy atom. The lowest BCUT2D eigenvalue weighted by Crippen LogP contribution is -2.33. The number of hydrogen-bond donors (Lipinski definition) is 2. The number of aromatic nitrogens is 1. The fourth-order valence-corrected chi connectivity index (χ4v) is 5.32. The maximum Gasteiger partial charge on any atom is 0.319 e. The van der Waals surface area contributed by atoms with Crippen molar-refractivity contribution in [3.63, 3.8) is 0 Å². The molecule has 1 aromatic heterocycles. The number of nitrogens with zero attached hydrogens (tertiary/aromatic N) is 1. The quantitative estimate of drug-likeness (QED) is 0.291. The number of nitrogens with one attached hydrogen (secondary N) is 2. The number of hydrogen-bond acceptors (Lipinski definition) is 6. The van der Waals surface area contributed by atoms with Crippen LogP contribution in [0.4, 0.5) is 10.5 Å². The van der Waals surface area contributed by atoms with E-state index in [0.717, 1.165) is 55.9 Å². The fraction of sp³-hybridized carbons (Fsp3) is 0.333. The summed E-state index contributed by atoms with van der Waals surface area (Å²) >= 11 is 3.12. The van der Waals surface area contributed by atoms with Crippen LogP contribution in [0.2, 0.25) is 0 Å². The van der Waals surface area contributed by atoms with Crippen molar-refractivity contribution < 1.29 is 14.3 Å². The molecule has 0 aliphatic heterocycles. The molecule has 1 unspecified atom stereocenters. The van der Waals surface area contributed by atoms with Crippen molar-refractivity contribution in [2.45, 2.75) is 36.1 Å². The van der Waals surface area contributed by atoms with Crippen LogP contribution in [-0.4, -0.2) is 44.3 Å². The number of thioether (sulfide) groups is 2. The summed E-state index contributed by atoms with van der Waals surface area (Å²) in [5.74, 6) is 1.66. The number of urea groups is 1. The van der Waals surface area contributed by atoms with Gasteiger partial charge in [-0.15, -0.1) is 23.5 Å². The van der Waals surface area contributed by atoms with Crippen LogP contribution < -0.4 is 20.1 Å². The second-order valence-electron chi connectivity index (χ2n) is 7.94. The number of benzene rings is 2. The summed E-state index contributed by atoms with van der Waals surface area (Å²) in [5, 5.41) is 6.92. The average Bonchev–Trinajstić information content (AvgIpc) is 2.89. The molecule has 2 N–H and O–H groups in total.